The summed E-state index contributed by atoms with van der Waals surface area (Å²) in [5.41, 5.74) is 0.606. The first-order valence-corrected chi connectivity index (χ1v) is 4.91. The largest absolute Gasteiger partial charge is 0.497 e. The van der Waals surface area contributed by atoms with E-state index in [1.165, 1.54) is 0 Å². The fraction of sp³-hybridized carbons (Fsp3) is 0.417. The zero-order valence-electron chi connectivity index (χ0n) is 9.11. The van der Waals surface area contributed by atoms with Gasteiger partial charge in [0.2, 0.25) is 0 Å². The lowest BCUT2D eigenvalue weighted by Crippen LogP contribution is -2.46. The SMILES string of the molecule is COc1ccc(C2OC(=O)C2(C)C)cc1. The van der Waals surface area contributed by atoms with Crippen molar-refractivity contribution >= 4 is 5.97 Å². The molecule has 0 saturated carbocycles. The van der Waals surface area contributed by atoms with E-state index in [1.54, 1.807) is 7.11 Å². The molecule has 1 unspecified atom stereocenters. The smallest absolute Gasteiger partial charge is 0.316 e. The van der Waals surface area contributed by atoms with Crippen LogP contribution < -0.4 is 4.74 Å². The molecule has 1 aliphatic heterocycles. The van der Waals surface area contributed by atoms with Crippen molar-refractivity contribution in [1.82, 2.24) is 0 Å². The zero-order valence-corrected chi connectivity index (χ0v) is 9.11. The Morgan fingerprint density at radius 2 is 1.87 bits per heavy atom. The van der Waals surface area contributed by atoms with Gasteiger partial charge in [0.25, 0.3) is 0 Å². The highest BCUT2D eigenvalue weighted by atomic mass is 16.6. The van der Waals surface area contributed by atoms with E-state index in [-0.39, 0.29) is 12.1 Å². The fourth-order valence-electron chi connectivity index (χ4n) is 1.72. The van der Waals surface area contributed by atoms with Crippen LogP contribution in [0, 0.1) is 5.41 Å². The first-order valence-electron chi connectivity index (χ1n) is 4.91. The Balaban J connectivity index is 2.21. The van der Waals surface area contributed by atoms with Crippen LogP contribution in [-0.2, 0) is 9.53 Å². The number of hydrogen-bond donors (Lipinski definition) is 0. The van der Waals surface area contributed by atoms with Crippen molar-refractivity contribution in [3.63, 3.8) is 0 Å². The maximum absolute atomic E-state index is 11.2. The molecule has 0 N–H and O–H groups in total. The Kier molecular flexibility index (Phi) is 2.18. The second-order valence-electron chi connectivity index (χ2n) is 4.28. The minimum Gasteiger partial charge on any atom is -0.497 e. The first-order chi connectivity index (χ1) is 7.05. The average Bonchev–Trinajstić information content (AvgIpc) is 2.26. The fourth-order valence-corrected chi connectivity index (χ4v) is 1.72. The molecular formula is C12H14O3. The maximum Gasteiger partial charge on any atom is 0.316 e. The van der Waals surface area contributed by atoms with E-state index >= 15 is 0 Å². The van der Waals surface area contributed by atoms with Crippen LogP contribution >= 0.6 is 0 Å². The van der Waals surface area contributed by atoms with Gasteiger partial charge in [0, 0.05) is 0 Å². The molecule has 80 valence electrons. The van der Waals surface area contributed by atoms with E-state index < -0.39 is 5.41 Å². The van der Waals surface area contributed by atoms with Crippen molar-refractivity contribution in [1.29, 1.82) is 0 Å². The van der Waals surface area contributed by atoms with E-state index in [1.807, 2.05) is 38.1 Å². The van der Waals surface area contributed by atoms with Gasteiger partial charge in [-0.05, 0) is 31.5 Å². The molecule has 1 aromatic rings. The molecule has 1 aliphatic rings. The van der Waals surface area contributed by atoms with E-state index in [9.17, 15) is 4.79 Å². The summed E-state index contributed by atoms with van der Waals surface area (Å²) in [6.07, 6.45) is -0.129. The highest BCUT2D eigenvalue weighted by Gasteiger charge is 2.51. The Bertz CT molecular complexity index is 378. The van der Waals surface area contributed by atoms with Gasteiger partial charge in [-0.1, -0.05) is 12.1 Å². The minimum absolute atomic E-state index is 0.129. The van der Waals surface area contributed by atoms with Crippen LogP contribution in [0.2, 0.25) is 0 Å². The van der Waals surface area contributed by atoms with Crippen molar-refractivity contribution in [3.8, 4) is 5.75 Å². The molecule has 2 rings (SSSR count). The Hall–Kier alpha value is -1.51. The van der Waals surface area contributed by atoms with Gasteiger partial charge >= 0.3 is 5.97 Å². The zero-order chi connectivity index (χ0) is 11.1. The molecule has 0 aromatic heterocycles. The number of cyclic esters (lactones) is 1. The molecule has 0 bridgehead atoms. The third-order valence-corrected chi connectivity index (χ3v) is 2.83. The van der Waals surface area contributed by atoms with Gasteiger partial charge in [-0.3, -0.25) is 4.79 Å². The van der Waals surface area contributed by atoms with Crippen molar-refractivity contribution in [2.24, 2.45) is 5.41 Å². The molecule has 1 atom stereocenters. The molecule has 1 heterocycles. The standard InChI is InChI=1S/C12H14O3/c1-12(2)10(15-11(12)13)8-4-6-9(14-3)7-5-8/h4-7,10H,1-3H3. The van der Waals surface area contributed by atoms with Crippen molar-refractivity contribution in [2.45, 2.75) is 20.0 Å². The molecule has 3 heteroatoms. The third kappa shape index (κ3) is 1.48. The topological polar surface area (TPSA) is 35.5 Å². The average molecular weight is 206 g/mol. The second kappa shape index (κ2) is 3.26. The summed E-state index contributed by atoms with van der Waals surface area (Å²) in [6.45, 7) is 3.79. The number of ether oxygens (including phenoxy) is 2. The van der Waals surface area contributed by atoms with Gasteiger partial charge in [-0.2, -0.15) is 0 Å². The quantitative estimate of drug-likeness (QED) is 0.696. The number of hydrogen-bond acceptors (Lipinski definition) is 3. The predicted molar refractivity (Wildman–Crippen MR) is 55.6 cm³/mol. The van der Waals surface area contributed by atoms with E-state index in [2.05, 4.69) is 0 Å². The number of rotatable bonds is 2. The van der Waals surface area contributed by atoms with E-state index in [0.717, 1.165) is 11.3 Å². The lowest BCUT2D eigenvalue weighted by molar-refractivity contribution is -0.202. The number of carbonyl (C=O) groups is 1. The third-order valence-electron chi connectivity index (χ3n) is 2.83. The van der Waals surface area contributed by atoms with E-state index in [4.69, 9.17) is 9.47 Å². The van der Waals surface area contributed by atoms with Gasteiger partial charge in [-0.15, -0.1) is 0 Å². The van der Waals surface area contributed by atoms with Crippen LogP contribution in [-0.4, -0.2) is 13.1 Å². The molecule has 15 heavy (non-hydrogen) atoms. The van der Waals surface area contributed by atoms with Gasteiger partial charge in [0.15, 0.2) is 0 Å². The van der Waals surface area contributed by atoms with Crippen LogP contribution in [0.4, 0.5) is 0 Å². The van der Waals surface area contributed by atoms with Crippen LogP contribution in [0.3, 0.4) is 0 Å². The highest BCUT2D eigenvalue weighted by Crippen LogP contribution is 2.46. The number of esters is 1. The molecule has 0 radical (unpaired) electrons. The number of methoxy groups -OCH3 is 1. The van der Waals surface area contributed by atoms with Crippen molar-refractivity contribution in [2.75, 3.05) is 7.11 Å². The van der Waals surface area contributed by atoms with Crippen molar-refractivity contribution in [3.05, 3.63) is 29.8 Å². The van der Waals surface area contributed by atoms with Crippen LogP contribution in [0.5, 0.6) is 5.75 Å². The Morgan fingerprint density at radius 3 is 2.27 bits per heavy atom. The Labute approximate surface area is 89.0 Å². The monoisotopic (exact) mass is 206 g/mol. The highest BCUT2D eigenvalue weighted by molar-refractivity contribution is 5.82. The van der Waals surface area contributed by atoms with Crippen LogP contribution in [0.25, 0.3) is 0 Å². The van der Waals surface area contributed by atoms with Crippen LogP contribution in [0.1, 0.15) is 25.5 Å². The summed E-state index contributed by atoms with van der Waals surface area (Å²) >= 11 is 0. The normalized spacial score (nSPS) is 22.9. The molecule has 0 spiro atoms. The Morgan fingerprint density at radius 1 is 1.27 bits per heavy atom. The molecule has 1 saturated heterocycles. The summed E-state index contributed by atoms with van der Waals surface area (Å²) in [5.74, 6) is 0.672. The molecule has 0 aliphatic carbocycles. The summed E-state index contributed by atoms with van der Waals surface area (Å²) < 4.78 is 10.2. The summed E-state index contributed by atoms with van der Waals surface area (Å²) in [7, 11) is 1.63. The van der Waals surface area contributed by atoms with Gasteiger partial charge in [0.05, 0.1) is 7.11 Å². The predicted octanol–water partition coefficient (Wildman–Crippen LogP) is 2.32. The molecule has 3 nitrogen and oxygen atoms in total. The van der Waals surface area contributed by atoms with Gasteiger partial charge in [0.1, 0.15) is 17.3 Å². The molecule has 0 amide bonds. The summed E-state index contributed by atoms with van der Waals surface area (Å²) in [6, 6.07) is 7.60. The number of benzene rings is 1. The van der Waals surface area contributed by atoms with Crippen molar-refractivity contribution < 1.29 is 14.3 Å². The van der Waals surface area contributed by atoms with E-state index in [0.29, 0.717) is 0 Å². The maximum atomic E-state index is 11.2. The molecular weight excluding hydrogens is 192 g/mol. The van der Waals surface area contributed by atoms with Crippen LogP contribution in [0.15, 0.2) is 24.3 Å². The summed E-state index contributed by atoms with van der Waals surface area (Å²) in [4.78, 5) is 11.2. The van der Waals surface area contributed by atoms with Gasteiger partial charge in [-0.25, -0.2) is 0 Å². The first kappa shape index (κ1) is 10.0. The van der Waals surface area contributed by atoms with Gasteiger partial charge < -0.3 is 9.47 Å². The lowest BCUT2D eigenvalue weighted by atomic mass is 9.78. The lowest BCUT2D eigenvalue weighted by Gasteiger charge is -2.42. The molecule has 1 fully saturated rings. The minimum atomic E-state index is -0.408. The number of carbonyl (C=O) groups excluding carboxylic acids is 1. The second-order valence-corrected chi connectivity index (χ2v) is 4.28. The summed E-state index contributed by atoms with van der Waals surface area (Å²) in [5, 5.41) is 0. The molecule has 1 aromatic carbocycles.